The van der Waals surface area contributed by atoms with Gasteiger partial charge in [0.05, 0.1) is 39.0 Å². The first kappa shape index (κ1) is 26.3. The molecule has 2 aromatic heterocycles. The molecular weight excluding hydrogens is 547 g/mol. The Labute approximate surface area is 229 Å². The van der Waals surface area contributed by atoms with E-state index in [1.165, 1.54) is 53.1 Å². The van der Waals surface area contributed by atoms with Gasteiger partial charge >= 0.3 is 11.9 Å². The summed E-state index contributed by atoms with van der Waals surface area (Å²) in [4.78, 5) is 42.8. The number of carboxylic acids is 1. The summed E-state index contributed by atoms with van der Waals surface area (Å²) in [6.07, 6.45) is 1.54. The highest BCUT2D eigenvalue weighted by atomic mass is 35.5. The number of esters is 1. The number of allylic oxidation sites excluding steroid dienone is 1. The van der Waals surface area contributed by atoms with Gasteiger partial charge in [-0.1, -0.05) is 35.1 Å². The van der Waals surface area contributed by atoms with Crippen LogP contribution in [-0.2, 0) is 9.53 Å². The molecule has 4 aromatic rings. The number of carbonyl (C=O) groups excluding carboxylic acids is 1. The van der Waals surface area contributed by atoms with Crippen LogP contribution < -0.4 is 14.9 Å². The van der Waals surface area contributed by atoms with Crippen LogP contribution in [0.5, 0.6) is 0 Å². The zero-order chi connectivity index (χ0) is 27.8. The van der Waals surface area contributed by atoms with Crippen LogP contribution in [0.4, 0.5) is 4.39 Å². The van der Waals surface area contributed by atoms with E-state index in [4.69, 9.17) is 20.8 Å². The zero-order valence-electron chi connectivity index (χ0n) is 20.6. The minimum absolute atomic E-state index is 0.0502. The van der Waals surface area contributed by atoms with Gasteiger partial charge in [0.2, 0.25) is 0 Å². The molecule has 0 fully saturated rings. The van der Waals surface area contributed by atoms with Crippen molar-refractivity contribution in [2.75, 3.05) is 6.61 Å². The lowest BCUT2D eigenvalue weighted by molar-refractivity contribution is -0.139. The number of ether oxygens (including phenoxy) is 1. The van der Waals surface area contributed by atoms with E-state index >= 15 is 0 Å². The van der Waals surface area contributed by atoms with E-state index in [-0.39, 0.29) is 22.3 Å². The first-order valence-electron chi connectivity index (χ1n) is 11.8. The lowest BCUT2D eigenvalue weighted by atomic mass is 9.96. The normalized spacial score (nSPS) is 15.2. The van der Waals surface area contributed by atoms with Crippen molar-refractivity contribution in [1.82, 2.24) is 4.57 Å². The van der Waals surface area contributed by atoms with Crippen molar-refractivity contribution < 1.29 is 28.2 Å². The van der Waals surface area contributed by atoms with Gasteiger partial charge in [-0.05, 0) is 61.9 Å². The topological polar surface area (TPSA) is 111 Å². The van der Waals surface area contributed by atoms with Gasteiger partial charge in [-0.2, -0.15) is 0 Å². The molecule has 8 nitrogen and oxygen atoms in total. The monoisotopic (exact) mass is 566 g/mol. The summed E-state index contributed by atoms with van der Waals surface area (Å²) in [5.74, 6) is -1.52. The summed E-state index contributed by atoms with van der Waals surface area (Å²) in [7, 11) is 0. The van der Waals surface area contributed by atoms with Gasteiger partial charge < -0.3 is 14.3 Å². The van der Waals surface area contributed by atoms with Gasteiger partial charge in [-0.3, -0.25) is 9.36 Å². The summed E-state index contributed by atoms with van der Waals surface area (Å²) < 4.78 is 26.5. The minimum atomic E-state index is -1.10. The molecule has 2 aromatic carbocycles. The summed E-state index contributed by atoms with van der Waals surface area (Å²) in [5, 5.41) is 9.61. The van der Waals surface area contributed by atoms with Crippen LogP contribution in [0.3, 0.4) is 0 Å². The molecule has 3 heterocycles. The number of carboxylic acid groups (broad SMARTS) is 1. The molecule has 0 unspecified atom stereocenters. The number of hydrogen-bond acceptors (Lipinski definition) is 7. The number of thiazole rings is 1. The van der Waals surface area contributed by atoms with Crippen LogP contribution in [-0.4, -0.2) is 28.2 Å². The Hall–Kier alpha value is -4.28. The van der Waals surface area contributed by atoms with Crippen LogP contribution in [0.2, 0.25) is 5.02 Å². The number of aromatic nitrogens is 1. The van der Waals surface area contributed by atoms with Crippen molar-refractivity contribution in [3.05, 3.63) is 113 Å². The number of nitrogens with zero attached hydrogens (tertiary/aromatic N) is 2. The predicted molar refractivity (Wildman–Crippen MR) is 143 cm³/mol. The first-order valence-corrected chi connectivity index (χ1v) is 13.0. The number of halogens is 2. The quantitative estimate of drug-likeness (QED) is 0.343. The molecule has 5 rings (SSSR count). The Balaban J connectivity index is 1.62. The van der Waals surface area contributed by atoms with E-state index in [9.17, 15) is 23.9 Å². The smallest absolute Gasteiger partial charge is 0.338 e. The zero-order valence-corrected chi connectivity index (χ0v) is 22.2. The van der Waals surface area contributed by atoms with Crippen LogP contribution in [0.25, 0.3) is 17.4 Å². The lowest BCUT2D eigenvalue weighted by Gasteiger charge is -2.24. The molecule has 0 radical (unpaired) electrons. The fraction of sp³-hybridized carbons (Fsp3) is 0.143. The molecule has 1 N–H and O–H groups in total. The average Bonchev–Trinajstić information content (AvgIpc) is 3.48. The van der Waals surface area contributed by atoms with Crippen LogP contribution in [0.15, 0.2) is 80.1 Å². The predicted octanol–water partition coefficient (Wildman–Crippen LogP) is 4.55. The van der Waals surface area contributed by atoms with Crippen molar-refractivity contribution in [2.45, 2.75) is 19.9 Å². The highest BCUT2D eigenvalue weighted by Gasteiger charge is 2.33. The molecule has 0 bridgehead atoms. The maximum absolute atomic E-state index is 13.7. The van der Waals surface area contributed by atoms with E-state index in [1.807, 2.05) is 0 Å². The SMILES string of the molecule is CCOC(=O)C1=C(C)N=c2sc(=Cc3ccc(-c4cc(C(=O)O)ccc4Cl)o3)c(=O)n2[C@@H]1c1ccc(F)cc1. The number of aromatic carboxylic acids is 1. The Morgan fingerprint density at radius 2 is 1.95 bits per heavy atom. The van der Waals surface area contributed by atoms with Gasteiger partial charge in [-0.25, -0.2) is 19.0 Å². The summed E-state index contributed by atoms with van der Waals surface area (Å²) in [6.45, 7) is 3.47. The minimum Gasteiger partial charge on any atom is -0.478 e. The lowest BCUT2D eigenvalue weighted by Crippen LogP contribution is -2.39. The Morgan fingerprint density at radius 3 is 2.64 bits per heavy atom. The molecule has 1 atom stereocenters. The molecule has 11 heteroatoms. The number of hydrogen-bond donors (Lipinski definition) is 1. The van der Waals surface area contributed by atoms with Crippen LogP contribution in [0.1, 0.15) is 41.6 Å². The van der Waals surface area contributed by atoms with Crippen molar-refractivity contribution in [1.29, 1.82) is 0 Å². The third kappa shape index (κ3) is 4.96. The second kappa shape index (κ2) is 10.5. The Kier molecular flexibility index (Phi) is 7.07. The van der Waals surface area contributed by atoms with Crippen LogP contribution >= 0.6 is 22.9 Å². The number of rotatable bonds is 6. The standard InChI is InChI=1S/C28H20ClFN2O6S/c1-3-37-27(36)23-14(2)31-28-32(24(23)15-4-7-17(30)8-5-15)25(33)22(39-28)13-18-9-11-21(38-18)19-12-16(26(34)35)6-10-20(19)29/h4-13,24H,3H2,1-2H3,(H,34,35)/t24-/m1/s1. The first-order chi connectivity index (χ1) is 18.7. The second-order valence-electron chi connectivity index (χ2n) is 8.56. The third-order valence-electron chi connectivity index (χ3n) is 6.08. The number of benzene rings is 2. The average molecular weight is 567 g/mol. The molecule has 0 spiro atoms. The van der Waals surface area contributed by atoms with E-state index in [0.717, 1.165) is 11.3 Å². The largest absolute Gasteiger partial charge is 0.478 e. The third-order valence-corrected chi connectivity index (χ3v) is 7.39. The van der Waals surface area contributed by atoms with Crippen molar-refractivity contribution in [2.24, 2.45) is 4.99 Å². The molecule has 0 saturated heterocycles. The summed E-state index contributed by atoms with van der Waals surface area (Å²) >= 11 is 7.37. The Morgan fingerprint density at radius 1 is 1.21 bits per heavy atom. The number of carbonyl (C=O) groups is 2. The highest BCUT2D eigenvalue weighted by Crippen LogP contribution is 2.32. The molecule has 0 saturated carbocycles. The van der Waals surface area contributed by atoms with Crippen molar-refractivity contribution in [3.63, 3.8) is 0 Å². The van der Waals surface area contributed by atoms with Gasteiger partial charge in [0.1, 0.15) is 17.3 Å². The van der Waals surface area contributed by atoms with E-state index < -0.39 is 29.4 Å². The molecule has 0 aliphatic carbocycles. The number of furan rings is 1. The van der Waals surface area contributed by atoms with E-state index in [2.05, 4.69) is 4.99 Å². The van der Waals surface area contributed by atoms with Crippen molar-refractivity contribution in [3.8, 4) is 11.3 Å². The fourth-order valence-electron chi connectivity index (χ4n) is 4.30. The number of fused-ring (bicyclic) bond motifs is 1. The van der Waals surface area contributed by atoms with Gasteiger partial charge in [0.15, 0.2) is 4.80 Å². The fourth-order valence-corrected chi connectivity index (χ4v) is 5.54. The van der Waals surface area contributed by atoms with Gasteiger partial charge in [0, 0.05) is 11.6 Å². The highest BCUT2D eigenvalue weighted by molar-refractivity contribution is 7.07. The maximum Gasteiger partial charge on any atom is 0.338 e. The molecule has 1 aliphatic rings. The molecule has 198 valence electrons. The molecule has 39 heavy (non-hydrogen) atoms. The summed E-state index contributed by atoms with van der Waals surface area (Å²) in [5.41, 5.74) is 1.12. The van der Waals surface area contributed by atoms with Crippen molar-refractivity contribution >= 4 is 41.0 Å². The van der Waals surface area contributed by atoms with Gasteiger partial charge in [-0.15, -0.1) is 0 Å². The second-order valence-corrected chi connectivity index (χ2v) is 9.97. The molecule has 1 aliphatic heterocycles. The van der Waals surface area contributed by atoms with E-state index in [0.29, 0.717) is 38.2 Å². The van der Waals surface area contributed by atoms with Gasteiger partial charge in [0.25, 0.3) is 5.56 Å². The molecule has 0 amide bonds. The summed E-state index contributed by atoms with van der Waals surface area (Å²) in [6, 6.07) is 12.2. The molecular formula is C28H20ClFN2O6S. The Bertz CT molecular complexity index is 1830. The van der Waals surface area contributed by atoms with Crippen LogP contribution in [0, 0.1) is 5.82 Å². The maximum atomic E-state index is 13.7. The van der Waals surface area contributed by atoms with E-state index in [1.54, 1.807) is 26.0 Å².